The van der Waals surface area contributed by atoms with Crippen LogP contribution in [0.3, 0.4) is 0 Å². The van der Waals surface area contributed by atoms with Crippen molar-refractivity contribution in [3.05, 3.63) is 17.5 Å². The molecule has 14 heavy (non-hydrogen) atoms. The number of carbonyl (C=O) groups excluding carboxylic acids is 1. The molecule has 1 amide bonds. The highest BCUT2D eigenvalue weighted by atomic mass is 16.1. The van der Waals surface area contributed by atoms with Crippen LogP contribution in [-0.2, 0) is 7.05 Å². The van der Waals surface area contributed by atoms with Crippen molar-refractivity contribution in [2.45, 2.75) is 13.3 Å². The topological polar surface area (TPSA) is 72.9 Å². The molecule has 1 aromatic rings. The monoisotopic (exact) mass is 196 g/mol. The van der Waals surface area contributed by atoms with Crippen LogP contribution in [0.4, 0.5) is 0 Å². The summed E-state index contributed by atoms with van der Waals surface area (Å²) in [5.74, 6) is -0.128. The molecule has 0 aliphatic carbocycles. The molecule has 0 aliphatic rings. The van der Waals surface area contributed by atoms with Crippen LogP contribution in [0, 0.1) is 6.92 Å². The van der Waals surface area contributed by atoms with E-state index >= 15 is 0 Å². The Labute approximate surface area is 83.3 Å². The minimum atomic E-state index is -0.128. The zero-order valence-electron chi connectivity index (χ0n) is 8.58. The summed E-state index contributed by atoms with van der Waals surface area (Å²) >= 11 is 0. The van der Waals surface area contributed by atoms with Gasteiger partial charge in [0, 0.05) is 25.4 Å². The van der Waals surface area contributed by atoms with Crippen molar-refractivity contribution in [2.75, 3.05) is 13.1 Å². The summed E-state index contributed by atoms with van der Waals surface area (Å²) in [5, 5.41) is 6.82. The second kappa shape index (κ2) is 4.76. The van der Waals surface area contributed by atoms with E-state index in [0.717, 1.165) is 12.0 Å². The molecule has 0 saturated heterocycles. The molecular weight excluding hydrogens is 180 g/mol. The Balaban J connectivity index is 2.56. The summed E-state index contributed by atoms with van der Waals surface area (Å²) in [7, 11) is 1.80. The summed E-state index contributed by atoms with van der Waals surface area (Å²) in [6.45, 7) is 3.05. The molecule has 78 valence electrons. The highest BCUT2D eigenvalue weighted by Crippen LogP contribution is 2.03. The average Bonchev–Trinajstić information content (AvgIpc) is 2.45. The van der Waals surface area contributed by atoms with Crippen LogP contribution in [-0.4, -0.2) is 28.8 Å². The van der Waals surface area contributed by atoms with E-state index in [0.29, 0.717) is 18.8 Å². The fourth-order valence-electron chi connectivity index (χ4n) is 1.22. The van der Waals surface area contributed by atoms with E-state index in [4.69, 9.17) is 5.73 Å². The Morgan fingerprint density at radius 2 is 2.43 bits per heavy atom. The van der Waals surface area contributed by atoms with Gasteiger partial charge in [0.2, 0.25) is 0 Å². The highest BCUT2D eigenvalue weighted by molar-refractivity contribution is 5.93. The number of hydrogen-bond acceptors (Lipinski definition) is 3. The van der Waals surface area contributed by atoms with Gasteiger partial charge in [0.25, 0.3) is 5.91 Å². The molecule has 0 bridgehead atoms. The first-order valence-corrected chi connectivity index (χ1v) is 4.63. The van der Waals surface area contributed by atoms with Gasteiger partial charge in [-0.2, -0.15) is 5.10 Å². The lowest BCUT2D eigenvalue weighted by Gasteiger charge is -2.01. The molecule has 0 aromatic carbocycles. The molecule has 5 heteroatoms. The van der Waals surface area contributed by atoms with Crippen LogP contribution in [0.1, 0.15) is 22.5 Å². The molecule has 1 rings (SSSR count). The van der Waals surface area contributed by atoms with E-state index in [2.05, 4.69) is 10.4 Å². The largest absolute Gasteiger partial charge is 0.351 e. The van der Waals surface area contributed by atoms with Gasteiger partial charge < -0.3 is 11.1 Å². The lowest BCUT2D eigenvalue weighted by Crippen LogP contribution is -2.27. The van der Waals surface area contributed by atoms with Gasteiger partial charge in [-0.15, -0.1) is 0 Å². The Morgan fingerprint density at radius 1 is 1.71 bits per heavy atom. The Hall–Kier alpha value is -1.36. The number of nitrogens with zero attached hydrogens (tertiary/aromatic N) is 2. The van der Waals surface area contributed by atoms with Gasteiger partial charge in [0.15, 0.2) is 5.69 Å². The lowest BCUT2D eigenvalue weighted by atomic mass is 10.2. The van der Waals surface area contributed by atoms with Crippen molar-refractivity contribution in [3.8, 4) is 0 Å². The Morgan fingerprint density at radius 3 is 2.93 bits per heavy atom. The molecular formula is C9H16N4O. The maximum Gasteiger partial charge on any atom is 0.272 e. The van der Waals surface area contributed by atoms with Gasteiger partial charge in [-0.05, 0) is 19.9 Å². The van der Waals surface area contributed by atoms with Gasteiger partial charge in [0.05, 0.1) is 0 Å². The zero-order valence-corrected chi connectivity index (χ0v) is 8.58. The predicted octanol–water partition coefficient (Wildman–Crippen LogP) is -0.193. The van der Waals surface area contributed by atoms with E-state index in [1.54, 1.807) is 11.7 Å². The third-order valence-electron chi connectivity index (χ3n) is 1.89. The number of nitrogens with two attached hydrogens (primary N) is 1. The van der Waals surface area contributed by atoms with Crippen molar-refractivity contribution in [1.82, 2.24) is 15.1 Å². The molecule has 1 heterocycles. The summed E-state index contributed by atoms with van der Waals surface area (Å²) in [4.78, 5) is 11.5. The van der Waals surface area contributed by atoms with Crippen LogP contribution in [0.5, 0.6) is 0 Å². The van der Waals surface area contributed by atoms with E-state index in [-0.39, 0.29) is 5.91 Å². The molecule has 0 atom stereocenters. The van der Waals surface area contributed by atoms with Crippen molar-refractivity contribution < 1.29 is 4.79 Å². The normalized spacial score (nSPS) is 10.2. The number of rotatable bonds is 4. The maximum absolute atomic E-state index is 11.5. The summed E-state index contributed by atoms with van der Waals surface area (Å²) in [6.07, 6.45) is 2.61. The summed E-state index contributed by atoms with van der Waals surface area (Å²) < 4.78 is 1.63. The first-order valence-electron chi connectivity index (χ1n) is 4.63. The maximum atomic E-state index is 11.5. The third-order valence-corrected chi connectivity index (χ3v) is 1.89. The molecule has 0 radical (unpaired) electrons. The van der Waals surface area contributed by atoms with E-state index in [1.165, 1.54) is 0 Å². The van der Waals surface area contributed by atoms with Crippen LogP contribution in [0.2, 0.25) is 0 Å². The number of hydrogen-bond donors (Lipinski definition) is 2. The van der Waals surface area contributed by atoms with Gasteiger partial charge in [-0.1, -0.05) is 0 Å². The van der Waals surface area contributed by atoms with E-state index < -0.39 is 0 Å². The molecule has 3 N–H and O–H groups in total. The van der Waals surface area contributed by atoms with Crippen molar-refractivity contribution in [3.63, 3.8) is 0 Å². The van der Waals surface area contributed by atoms with Crippen LogP contribution in [0.15, 0.2) is 6.20 Å². The van der Waals surface area contributed by atoms with E-state index in [1.807, 2.05) is 13.1 Å². The quantitative estimate of drug-likeness (QED) is 0.655. The number of aryl methyl sites for hydroxylation is 2. The second-order valence-electron chi connectivity index (χ2n) is 3.23. The molecule has 0 fully saturated rings. The Bertz CT molecular complexity index is 319. The minimum Gasteiger partial charge on any atom is -0.351 e. The lowest BCUT2D eigenvalue weighted by molar-refractivity contribution is 0.0947. The molecule has 1 aromatic heterocycles. The zero-order chi connectivity index (χ0) is 10.6. The molecule has 0 unspecified atom stereocenters. The average molecular weight is 196 g/mol. The first kappa shape index (κ1) is 10.7. The van der Waals surface area contributed by atoms with Gasteiger partial charge in [0.1, 0.15) is 0 Å². The second-order valence-corrected chi connectivity index (χ2v) is 3.23. The summed E-state index contributed by atoms with van der Waals surface area (Å²) in [6, 6.07) is 0. The van der Waals surface area contributed by atoms with Crippen LogP contribution >= 0.6 is 0 Å². The van der Waals surface area contributed by atoms with Crippen LogP contribution < -0.4 is 11.1 Å². The summed E-state index contributed by atoms with van der Waals surface area (Å²) in [5.41, 5.74) is 6.69. The van der Waals surface area contributed by atoms with Gasteiger partial charge in [-0.25, -0.2) is 0 Å². The fraction of sp³-hybridized carbons (Fsp3) is 0.556. The van der Waals surface area contributed by atoms with Crippen molar-refractivity contribution in [1.29, 1.82) is 0 Å². The molecule has 0 aliphatic heterocycles. The SMILES string of the molecule is Cc1cn(C)nc1C(=O)NCCCN. The predicted molar refractivity (Wildman–Crippen MR) is 53.9 cm³/mol. The number of amides is 1. The van der Waals surface area contributed by atoms with Gasteiger partial charge in [-0.3, -0.25) is 9.48 Å². The minimum absolute atomic E-state index is 0.128. The highest BCUT2D eigenvalue weighted by Gasteiger charge is 2.11. The number of aromatic nitrogens is 2. The molecule has 5 nitrogen and oxygen atoms in total. The Kier molecular flexibility index (Phi) is 3.64. The van der Waals surface area contributed by atoms with Crippen molar-refractivity contribution in [2.24, 2.45) is 12.8 Å². The van der Waals surface area contributed by atoms with Gasteiger partial charge >= 0.3 is 0 Å². The third kappa shape index (κ3) is 2.56. The molecule has 0 spiro atoms. The standard InChI is InChI=1S/C9H16N4O/c1-7-6-13(2)12-8(7)9(14)11-5-3-4-10/h6H,3-5,10H2,1-2H3,(H,11,14). The molecule has 0 saturated carbocycles. The number of nitrogens with one attached hydrogen (secondary N) is 1. The fourth-order valence-corrected chi connectivity index (χ4v) is 1.22. The van der Waals surface area contributed by atoms with Crippen LogP contribution in [0.25, 0.3) is 0 Å². The first-order chi connectivity index (χ1) is 6.65. The van der Waals surface area contributed by atoms with Crippen molar-refractivity contribution >= 4 is 5.91 Å². The smallest absolute Gasteiger partial charge is 0.272 e. The van der Waals surface area contributed by atoms with E-state index in [9.17, 15) is 4.79 Å². The number of carbonyl (C=O) groups is 1.